The van der Waals surface area contributed by atoms with E-state index in [2.05, 4.69) is 10.2 Å². The number of anilines is 2. The standard InChI is InChI=1S/C20H24ClN3O3S/c1-14-12-15(21)6-8-18(14)22-20(25)17-13-16(28(26,27)23(2)3)7-9-19(17)24-10-4-5-11-24/h6-9,12-13H,4-5,10-11H2,1-3H3,(H,22,25). The first kappa shape index (κ1) is 20.6. The maximum atomic E-state index is 13.1. The van der Waals surface area contributed by atoms with Gasteiger partial charge in [0, 0.05) is 43.6 Å². The highest BCUT2D eigenvalue weighted by Crippen LogP contribution is 2.29. The van der Waals surface area contributed by atoms with Crippen molar-refractivity contribution in [3.05, 3.63) is 52.5 Å². The van der Waals surface area contributed by atoms with Crippen molar-refractivity contribution in [1.82, 2.24) is 4.31 Å². The van der Waals surface area contributed by atoms with E-state index in [4.69, 9.17) is 11.6 Å². The molecule has 1 aliphatic rings. The zero-order valence-electron chi connectivity index (χ0n) is 16.2. The highest BCUT2D eigenvalue weighted by Gasteiger charge is 2.24. The molecule has 1 fully saturated rings. The van der Waals surface area contributed by atoms with E-state index in [-0.39, 0.29) is 10.8 Å². The molecule has 1 aliphatic heterocycles. The van der Waals surface area contributed by atoms with Crippen LogP contribution in [0.2, 0.25) is 5.02 Å². The molecular weight excluding hydrogens is 398 g/mol. The third-order valence-corrected chi connectivity index (χ3v) is 6.92. The van der Waals surface area contributed by atoms with Crippen molar-refractivity contribution in [2.45, 2.75) is 24.7 Å². The van der Waals surface area contributed by atoms with E-state index < -0.39 is 10.0 Å². The first-order valence-corrected chi connectivity index (χ1v) is 10.9. The summed E-state index contributed by atoms with van der Waals surface area (Å²) in [5.74, 6) is -0.344. The van der Waals surface area contributed by atoms with Crippen molar-refractivity contribution >= 4 is 38.9 Å². The van der Waals surface area contributed by atoms with Crippen LogP contribution in [0.3, 0.4) is 0 Å². The van der Waals surface area contributed by atoms with Crippen LogP contribution < -0.4 is 10.2 Å². The van der Waals surface area contributed by atoms with Gasteiger partial charge in [0.15, 0.2) is 0 Å². The molecule has 1 N–H and O–H groups in total. The van der Waals surface area contributed by atoms with Crippen molar-refractivity contribution in [2.24, 2.45) is 0 Å². The molecular formula is C20H24ClN3O3S. The number of carbonyl (C=O) groups is 1. The van der Waals surface area contributed by atoms with Gasteiger partial charge in [-0.1, -0.05) is 11.6 Å². The van der Waals surface area contributed by atoms with E-state index in [0.29, 0.717) is 16.3 Å². The minimum atomic E-state index is -3.64. The van der Waals surface area contributed by atoms with Gasteiger partial charge in [-0.15, -0.1) is 0 Å². The zero-order valence-corrected chi connectivity index (χ0v) is 17.8. The van der Waals surface area contributed by atoms with Gasteiger partial charge >= 0.3 is 0 Å². The predicted molar refractivity (Wildman–Crippen MR) is 113 cm³/mol. The fraction of sp³-hybridized carbons (Fsp3) is 0.350. The van der Waals surface area contributed by atoms with Crippen LogP contribution in [0.4, 0.5) is 11.4 Å². The van der Waals surface area contributed by atoms with Crippen LogP contribution in [0.15, 0.2) is 41.3 Å². The minimum absolute atomic E-state index is 0.0958. The van der Waals surface area contributed by atoms with Gasteiger partial charge in [-0.25, -0.2) is 12.7 Å². The normalized spacial score (nSPS) is 14.5. The Bertz CT molecular complexity index is 1000. The first-order valence-electron chi connectivity index (χ1n) is 9.09. The largest absolute Gasteiger partial charge is 0.371 e. The third kappa shape index (κ3) is 4.16. The number of halogens is 1. The SMILES string of the molecule is Cc1cc(Cl)ccc1NC(=O)c1cc(S(=O)(=O)N(C)C)ccc1N1CCCC1. The minimum Gasteiger partial charge on any atom is -0.371 e. The number of rotatable bonds is 5. The molecule has 0 aliphatic carbocycles. The maximum absolute atomic E-state index is 13.1. The number of nitrogens with zero attached hydrogens (tertiary/aromatic N) is 2. The van der Waals surface area contributed by atoms with Crippen molar-refractivity contribution in [2.75, 3.05) is 37.4 Å². The second-order valence-corrected chi connectivity index (χ2v) is 9.66. The number of nitrogens with one attached hydrogen (secondary N) is 1. The Morgan fingerprint density at radius 2 is 1.79 bits per heavy atom. The smallest absolute Gasteiger partial charge is 0.257 e. The molecule has 8 heteroatoms. The molecule has 2 aromatic carbocycles. The number of hydrogen-bond acceptors (Lipinski definition) is 4. The molecule has 0 unspecified atom stereocenters. The number of hydrogen-bond donors (Lipinski definition) is 1. The van der Waals surface area contributed by atoms with E-state index in [1.54, 1.807) is 30.3 Å². The molecule has 0 saturated carbocycles. The zero-order chi connectivity index (χ0) is 20.5. The lowest BCUT2D eigenvalue weighted by Crippen LogP contribution is -2.25. The summed E-state index contributed by atoms with van der Waals surface area (Å²) in [6.07, 6.45) is 2.10. The molecule has 28 heavy (non-hydrogen) atoms. The van der Waals surface area contributed by atoms with Crippen LogP contribution in [0.25, 0.3) is 0 Å². The Balaban J connectivity index is 2.03. The molecule has 6 nitrogen and oxygen atoms in total. The van der Waals surface area contributed by atoms with Crippen LogP contribution in [0, 0.1) is 6.92 Å². The van der Waals surface area contributed by atoms with Gasteiger partial charge < -0.3 is 10.2 Å². The maximum Gasteiger partial charge on any atom is 0.257 e. The second kappa shape index (κ2) is 8.11. The second-order valence-electron chi connectivity index (χ2n) is 7.07. The third-order valence-electron chi connectivity index (χ3n) is 4.87. The van der Waals surface area contributed by atoms with Gasteiger partial charge in [-0.05, 0) is 61.7 Å². The molecule has 150 valence electrons. The summed E-state index contributed by atoms with van der Waals surface area (Å²) in [6.45, 7) is 3.55. The van der Waals surface area contributed by atoms with Crippen molar-refractivity contribution in [3.63, 3.8) is 0 Å². The summed E-state index contributed by atoms with van der Waals surface area (Å²) in [7, 11) is -0.697. The van der Waals surface area contributed by atoms with Crippen LogP contribution >= 0.6 is 11.6 Å². The summed E-state index contributed by atoms with van der Waals surface area (Å²) < 4.78 is 26.3. The number of benzene rings is 2. The summed E-state index contributed by atoms with van der Waals surface area (Å²) in [4.78, 5) is 15.3. The van der Waals surface area contributed by atoms with Crippen molar-refractivity contribution in [1.29, 1.82) is 0 Å². The van der Waals surface area contributed by atoms with Crippen LogP contribution in [0.1, 0.15) is 28.8 Å². The van der Waals surface area contributed by atoms with Gasteiger partial charge in [0.1, 0.15) is 0 Å². The van der Waals surface area contributed by atoms with Gasteiger partial charge in [0.2, 0.25) is 10.0 Å². The van der Waals surface area contributed by atoms with Crippen LogP contribution in [-0.4, -0.2) is 45.8 Å². The summed E-state index contributed by atoms with van der Waals surface area (Å²) in [5, 5.41) is 3.48. The Morgan fingerprint density at radius 1 is 1.11 bits per heavy atom. The van der Waals surface area contributed by atoms with E-state index in [1.165, 1.54) is 20.2 Å². The predicted octanol–water partition coefficient (Wildman–Crippen LogP) is 3.75. The van der Waals surface area contributed by atoms with Gasteiger partial charge in [0.25, 0.3) is 5.91 Å². The monoisotopic (exact) mass is 421 g/mol. The fourth-order valence-corrected chi connectivity index (χ4v) is 4.41. The molecule has 3 rings (SSSR count). The van der Waals surface area contributed by atoms with Crippen LogP contribution in [0.5, 0.6) is 0 Å². The van der Waals surface area contributed by atoms with Gasteiger partial charge in [0.05, 0.1) is 10.5 Å². The lowest BCUT2D eigenvalue weighted by Gasteiger charge is -2.22. The molecule has 1 saturated heterocycles. The van der Waals surface area contributed by atoms with Crippen LogP contribution in [-0.2, 0) is 10.0 Å². The Hall–Kier alpha value is -2.09. The number of sulfonamides is 1. The number of aryl methyl sites for hydroxylation is 1. The van der Waals surface area contributed by atoms with Gasteiger partial charge in [-0.3, -0.25) is 4.79 Å². The summed E-state index contributed by atoms with van der Waals surface area (Å²) in [6, 6.07) is 9.97. The summed E-state index contributed by atoms with van der Waals surface area (Å²) >= 11 is 5.99. The van der Waals surface area contributed by atoms with E-state index in [0.717, 1.165) is 41.5 Å². The molecule has 1 heterocycles. The molecule has 0 atom stereocenters. The molecule has 0 aromatic heterocycles. The number of carbonyl (C=O) groups excluding carboxylic acids is 1. The topological polar surface area (TPSA) is 69.7 Å². The van der Waals surface area contributed by atoms with E-state index in [1.807, 2.05) is 6.92 Å². The Morgan fingerprint density at radius 3 is 2.39 bits per heavy atom. The van der Waals surface area contributed by atoms with E-state index >= 15 is 0 Å². The van der Waals surface area contributed by atoms with Crippen molar-refractivity contribution < 1.29 is 13.2 Å². The molecule has 2 aromatic rings. The lowest BCUT2D eigenvalue weighted by atomic mass is 10.1. The first-order chi connectivity index (χ1) is 13.2. The fourth-order valence-electron chi connectivity index (χ4n) is 3.26. The van der Waals surface area contributed by atoms with Gasteiger partial charge in [-0.2, -0.15) is 0 Å². The Kier molecular flexibility index (Phi) is 5.98. The molecule has 0 radical (unpaired) electrons. The Labute approximate surface area is 171 Å². The highest BCUT2D eigenvalue weighted by molar-refractivity contribution is 7.89. The average molecular weight is 422 g/mol. The van der Waals surface area contributed by atoms with E-state index in [9.17, 15) is 13.2 Å². The highest BCUT2D eigenvalue weighted by atomic mass is 35.5. The molecule has 1 amide bonds. The number of amides is 1. The van der Waals surface area contributed by atoms with Crippen molar-refractivity contribution in [3.8, 4) is 0 Å². The average Bonchev–Trinajstić information content (AvgIpc) is 3.17. The molecule has 0 bridgehead atoms. The summed E-state index contributed by atoms with van der Waals surface area (Å²) in [5.41, 5.74) is 2.57. The lowest BCUT2D eigenvalue weighted by molar-refractivity contribution is 0.102. The quantitative estimate of drug-likeness (QED) is 0.798. The molecule has 0 spiro atoms.